The molecule has 0 unspecified atom stereocenters. The zero-order valence-corrected chi connectivity index (χ0v) is 16.3. The number of benzene rings is 1. The highest BCUT2D eigenvalue weighted by Gasteiger charge is 2.25. The minimum Gasteiger partial charge on any atom is -0.356 e. The first kappa shape index (κ1) is 20.4. The van der Waals surface area contributed by atoms with Crippen LogP contribution in [-0.2, 0) is 14.8 Å². The Morgan fingerprint density at radius 2 is 1.88 bits per heavy atom. The first-order valence-corrected chi connectivity index (χ1v) is 10.3. The van der Waals surface area contributed by atoms with E-state index in [-0.39, 0.29) is 22.8 Å². The van der Waals surface area contributed by atoms with Crippen LogP contribution < -0.4 is 10.0 Å². The minimum atomic E-state index is -3.63. The van der Waals surface area contributed by atoms with Crippen LogP contribution in [0.5, 0.6) is 0 Å². The van der Waals surface area contributed by atoms with Gasteiger partial charge in [0.2, 0.25) is 15.9 Å². The van der Waals surface area contributed by atoms with Gasteiger partial charge in [-0.3, -0.25) is 9.59 Å². The zero-order chi connectivity index (χ0) is 19.3. The minimum absolute atomic E-state index is 0.0449. The SMILES string of the molecule is CC(=O)NCC1CCN(C(=O)c2cccc(S(=O)(=O)NC(C)C)c2)CC1. The van der Waals surface area contributed by atoms with Gasteiger partial charge in [0.1, 0.15) is 0 Å². The van der Waals surface area contributed by atoms with Gasteiger partial charge >= 0.3 is 0 Å². The standard InChI is InChI=1S/C18H27N3O4S/c1-13(2)20-26(24,25)17-6-4-5-16(11-17)18(23)21-9-7-15(8-10-21)12-19-14(3)22/h4-6,11,13,15,20H,7-10,12H2,1-3H3,(H,19,22). The summed E-state index contributed by atoms with van der Waals surface area (Å²) in [5.74, 6) is 0.158. The van der Waals surface area contributed by atoms with Crippen molar-refractivity contribution in [1.29, 1.82) is 0 Å². The molecule has 0 bridgehead atoms. The molecule has 7 nitrogen and oxygen atoms in total. The maximum atomic E-state index is 12.7. The number of amides is 2. The van der Waals surface area contributed by atoms with Crippen LogP contribution in [0, 0.1) is 5.92 Å². The Morgan fingerprint density at radius 1 is 1.23 bits per heavy atom. The molecule has 0 saturated carbocycles. The maximum absolute atomic E-state index is 12.7. The van der Waals surface area contributed by atoms with Crippen molar-refractivity contribution in [3.63, 3.8) is 0 Å². The molecular formula is C18H27N3O4S. The molecule has 1 aliphatic heterocycles. The summed E-state index contributed by atoms with van der Waals surface area (Å²) in [5.41, 5.74) is 0.372. The lowest BCUT2D eigenvalue weighted by Gasteiger charge is -2.32. The molecule has 1 aromatic rings. The normalized spacial score (nSPS) is 15.9. The molecule has 0 spiro atoms. The number of carbonyl (C=O) groups excluding carboxylic acids is 2. The molecule has 26 heavy (non-hydrogen) atoms. The van der Waals surface area contributed by atoms with Crippen molar-refractivity contribution in [2.24, 2.45) is 5.92 Å². The molecule has 2 rings (SSSR count). The van der Waals surface area contributed by atoms with Crippen LogP contribution in [0.2, 0.25) is 0 Å². The molecular weight excluding hydrogens is 354 g/mol. The summed E-state index contributed by atoms with van der Waals surface area (Å²) in [4.78, 5) is 25.5. The largest absolute Gasteiger partial charge is 0.356 e. The smallest absolute Gasteiger partial charge is 0.253 e. The molecule has 0 atom stereocenters. The number of nitrogens with zero attached hydrogens (tertiary/aromatic N) is 1. The Kier molecular flexibility index (Phi) is 6.77. The summed E-state index contributed by atoms with van der Waals surface area (Å²) in [6.07, 6.45) is 1.64. The van der Waals surface area contributed by atoms with Crippen molar-refractivity contribution < 1.29 is 18.0 Å². The molecule has 8 heteroatoms. The van der Waals surface area contributed by atoms with Gasteiger partial charge in [-0.1, -0.05) is 6.07 Å². The van der Waals surface area contributed by atoms with Gasteiger partial charge in [-0.2, -0.15) is 0 Å². The van der Waals surface area contributed by atoms with Crippen LogP contribution in [0.3, 0.4) is 0 Å². The van der Waals surface area contributed by atoms with E-state index in [4.69, 9.17) is 0 Å². The van der Waals surface area contributed by atoms with Crippen LogP contribution in [-0.4, -0.2) is 50.8 Å². The van der Waals surface area contributed by atoms with Crippen molar-refractivity contribution in [2.75, 3.05) is 19.6 Å². The topological polar surface area (TPSA) is 95.6 Å². The average Bonchev–Trinajstić information content (AvgIpc) is 2.59. The van der Waals surface area contributed by atoms with Crippen molar-refractivity contribution in [2.45, 2.75) is 44.6 Å². The van der Waals surface area contributed by atoms with E-state index in [0.717, 1.165) is 12.8 Å². The lowest BCUT2D eigenvalue weighted by molar-refractivity contribution is -0.119. The summed E-state index contributed by atoms with van der Waals surface area (Å²) >= 11 is 0. The molecule has 1 saturated heterocycles. The third kappa shape index (κ3) is 5.54. The summed E-state index contributed by atoms with van der Waals surface area (Å²) in [6.45, 7) is 6.82. The number of hydrogen-bond acceptors (Lipinski definition) is 4. The van der Waals surface area contributed by atoms with Gasteiger partial charge in [0.05, 0.1) is 4.90 Å². The van der Waals surface area contributed by atoms with Crippen LogP contribution in [0.4, 0.5) is 0 Å². The van der Waals surface area contributed by atoms with Crippen molar-refractivity contribution in [3.05, 3.63) is 29.8 Å². The Labute approximate surface area is 155 Å². The second-order valence-corrected chi connectivity index (χ2v) is 8.69. The van der Waals surface area contributed by atoms with Gasteiger partial charge in [-0.15, -0.1) is 0 Å². The molecule has 1 aromatic carbocycles. The predicted molar refractivity (Wildman–Crippen MR) is 99.2 cm³/mol. The van der Waals surface area contributed by atoms with Gasteiger partial charge in [-0.05, 0) is 50.8 Å². The van der Waals surface area contributed by atoms with E-state index in [9.17, 15) is 18.0 Å². The lowest BCUT2D eigenvalue weighted by atomic mass is 9.96. The number of nitrogens with one attached hydrogen (secondary N) is 2. The fraction of sp³-hybridized carbons (Fsp3) is 0.556. The van der Waals surface area contributed by atoms with Gasteiger partial charge < -0.3 is 10.2 Å². The lowest BCUT2D eigenvalue weighted by Crippen LogP contribution is -2.41. The molecule has 2 N–H and O–H groups in total. The average molecular weight is 381 g/mol. The number of sulfonamides is 1. The Morgan fingerprint density at radius 3 is 2.46 bits per heavy atom. The quantitative estimate of drug-likeness (QED) is 0.778. The highest BCUT2D eigenvalue weighted by Crippen LogP contribution is 2.20. The number of likely N-dealkylation sites (tertiary alicyclic amines) is 1. The van der Waals surface area contributed by atoms with Gasteiger partial charge in [0, 0.05) is 38.2 Å². The summed E-state index contributed by atoms with van der Waals surface area (Å²) in [7, 11) is -3.63. The number of hydrogen-bond donors (Lipinski definition) is 2. The second-order valence-electron chi connectivity index (χ2n) is 6.98. The van der Waals surface area contributed by atoms with E-state index >= 15 is 0 Å². The molecule has 0 aromatic heterocycles. The van der Waals surface area contributed by atoms with Crippen molar-refractivity contribution in [1.82, 2.24) is 14.9 Å². The summed E-state index contributed by atoms with van der Waals surface area (Å²) < 4.78 is 27.1. The fourth-order valence-electron chi connectivity index (χ4n) is 2.99. The van der Waals surface area contributed by atoms with E-state index in [2.05, 4.69) is 10.0 Å². The maximum Gasteiger partial charge on any atom is 0.253 e. The first-order chi connectivity index (χ1) is 12.2. The number of rotatable bonds is 6. The molecule has 1 aliphatic rings. The number of piperidine rings is 1. The monoisotopic (exact) mass is 381 g/mol. The van der Waals surface area contributed by atoms with E-state index in [0.29, 0.717) is 31.1 Å². The van der Waals surface area contributed by atoms with Crippen LogP contribution in [0.1, 0.15) is 44.0 Å². The molecule has 0 aliphatic carbocycles. The second kappa shape index (κ2) is 8.64. The van der Waals surface area contributed by atoms with E-state index in [1.807, 2.05) is 0 Å². The van der Waals surface area contributed by atoms with Crippen LogP contribution >= 0.6 is 0 Å². The van der Waals surface area contributed by atoms with Crippen molar-refractivity contribution in [3.8, 4) is 0 Å². The summed E-state index contributed by atoms with van der Waals surface area (Å²) in [5, 5.41) is 2.81. The highest BCUT2D eigenvalue weighted by molar-refractivity contribution is 7.89. The predicted octanol–water partition coefficient (Wildman–Crippen LogP) is 1.36. The van der Waals surface area contributed by atoms with Gasteiger partial charge in [0.15, 0.2) is 0 Å². The summed E-state index contributed by atoms with van der Waals surface area (Å²) in [6, 6.07) is 5.92. The van der Waals surface area contributed by atoms with Gasteiger partial charge in [0.25, 0.3) is 5.91 Å². The molecule has 2 amide bonds. The Bertz CT molecular complexity index is 753. The Balaban J connectivity index is 2.03. The number of carbonyl (C=O) groups is 2. The van der Waals surface area contributed by atoms with Crippen molar-refractivity contribution >= 4 is 21.8 Å². The third-order valence-corrected chi connectivity index (χ3v) is 5.98. The third-order valence-electron chi connectivity index (χ3n) is 4.32. The van der Waals surface area contributed by atoms with Crippen LogP contribution in [0.25, 0.3) is 0 Å². The molecule has 0 radical (unpaired) electrons. The highest BCUT2D eigenvalue weighted by atomic mass is 32.2. The van der Waals surface area contributed by atoms with E-state index < -0.39 is 10.0 Å². The van der Waals surface area contributed by atoms with E-state index in [1.54, 1.807) is 30.9 Å². The first-order valence-electron chi connectivity index (χ1n) is 8.85. The zero-order valence-electron chi connectivity index (χ0n) is 15.5. The van der Waals surface area contributed by atoms with Crippen LogP contribution in [0.15, 0.2) is 29.2 Å². The fourth-order valence-corrected chi connectivity index (χ4v) is 4.28. The van der Waals surface area contributed by atoms with E-state index in [1.165, 1.54) is 19.1 Å². The molecule has 1 fully saturated rings. The van der Waals surface area contributed by atoms with Gasteiger partial charge in [-0.25, -0.2) is 13.1 Å². The Hall–Kier alpha value is -1.93. The molecule has 1 heterocycles. The molecule has 144 valence electrons.